The van der Waals surface area contributed by atoms with Crippen molar-refractivity contribution < 1.29 is 26.3 Å². The first-order valence-electron chi connectivity index (χ1n) is 9.34. The molecule has 0 spiro atoms. The highest BCUT2D eigenvalue weighted by Gasteiger charge is 2.30. The molecule has 0 saturated carbocycles. The first kappa shape index (κ1) is 21.3. The number of alkyl halides is 3. The van der Waals surface area contributed by atoms with E-state index in [9.17, 15) is 21.6 Å². The van der Waals surface area contributed by atoms with E-state index >= 15 is 0 Å². The zero-order chi connectivity index (χ0) is 22.2. The number of fused-ring (bicyclic) bond motifs is 1. The molecule has 3 aromatic rings. The molecule has 0 radical (unpaired) electrons. The molecule has 0 unspecified atom stereocenters. The fraction of sp³-hybridized carbons (Fsp3) is 0.250. The molecule has 0 aliphatic carbocycles. The smallest absolute Gasteiger partial charge is 0.373 e. The predicted molar refractivity (Wildman–Crippen MR) is 108 cm³/mol. The van der Waals surface area contributed by atoms with Crippen molar-refractivity contribution in [3.05, 3.63) is 59.8 Å². The van der Waals surface area contributed by atoms with E-state index < -0.39 is 21.8 Å². The van der Waals surface area contributed by atoms with Crippen molar-refractivity contribution in [2.75, 3.05) is 19.0 Å². The number of ether oxygens (including phenoxy) is 1. The molecule has 1 aliphatic rings. The summed E-state index contributed by atoms with van der Waals surface area (Å²) in [5.41, 5.74) is 2.05. The molecule has 0 atom stereocenters. The van der Waals surface area contributed by atoms with Crippen LogP contribution in [0.15, 0.2) is 53.4 Å². The molecule has 31 heavy (non-hydrogen) atoms. The summed E-state index contributed by atoms with van der Waals surface area (Å²) < 4.78 is 72.6. The Kier molecular flexibility index (Phi) is 5.50. The zero-order valence-corrected chi connectivity index (χ0v) is 17.2. The van der Waals surface area contributed by atoms with Gasteiger partial charge in [-0.05, 0) is 55.6 Å². The molecular formula is C20H19F3N4O3S. The number of anilines is 2. The molecule has 0 fully saturated rings. The number of halogens is 3. The summed E-state index contributed by atoms with van der Waals surface area (Å²) in [4.78, 5) is 0.0465. The van der Waals surface area contributed by atoms with Gasteiger partial charge in [0, 0.05) is 16.9 Å². The third-order valence-electron chi connectivity index (χ3n) is 4.90. The van der Waals surface area contributed by atoms with Crippen LogP contribution in [-0.2, 0) is 34.1 Å². The Morgan fingerprint density at radius 2 is 1.84 bits per heavy atom. The molecular weight excluding hydrogens is 433 g/mol. The number of sulfonamides is 1. The first-order chi connectivity index (χ1) is 14.7. The summed E-state index contributed by atoms with van der Waals surface area (Å²) in [6.07, 6.45) is -4.43. The van der Waals surface area contributed by atoms with Crippen LogP contribution >= 0.6 is 0 Å². The predicted octanol–water partition coefficient (Wildman–Crippen LogP) is 3.75. The van der Waals surface area contributed by atoms with Crippen molar-refractivity contribution in [2.24, 2.45) is 0 Å². The normalized spacial score (nSPS) is 14.3. The van der Waals surface area contributed by atoms with Gasteiger partial charge in [-0.3, -0.25) is 4.68 Å². The Morgan fingerprint density at radius 1 is 1.10 bits per heavy atom. The Hall–Kier alpha value is -2.89. The summed E-state index contributed by atoms with van der Waals surface area (Å²) in [5.74, 6) is 0. The van der Waals surface area contributed by atoms with Crippen LogP contribution in [0.4, 0.5) is 24.5 Å². The minimum absolute atomic E-state index is 0.0465. The lowest BCUT2D eigenvalue weighted by Crippen LogP contribution is -2.18. The highest BCUT2D eigenvalue weighted by molar-refractivity contribution is 7.89. The van der Waals surface area contributed by atoms with E-state index in [1.54, 1.807) is 10.7 Å². The number of nitrogens with zero attached hydrogens (tertiary/aromatic N) is 2. The topological polar surface area (TPSA) is 85.3 Å². The fourth-order valence-corrected chi connectivity index (χ4v) is 4.01. The van der Waals surface area contributed by atoms with Crippen LogP contribution < -0.4 is 10.0 Å². The first-order valence-corrected chi connectivity index (χ1v) is 10.8. The average molecular weight is 452 g/mol. The van der Waals surface area contributed by atoms with Crippen molar-refractivity contribution in [2.45, 2.75) is 24.2 Å². The lowest BCUT2D eigenvalue weighted by Gasteiger charge is -2.14. The largest absolute Gasteiger partial charge is 0.416 e. The van der Waals surface area contributed by atoms with Gasteiger partial charge in [-0.25, -0.2) is 13.1 Å². The van der Waals surface area contributed by atoms with Gasteiger partial charge >= 0.3 is 6.18 Å². The lowest BCUT2D eigenvalue weighted by atomic mass is 10.1. The Balaban J connectivity index is 1.75. The van der Waals surface area contributed by atoms with Gasteiger partial charge in [-0.15, -0.1) is 0 Å². The molecule has 2 aromatic carbocycles. The standard InChI is InChI=1S/C20H19F3N4O3S/c1-24-31(28,29)16-6-7-18(25-14-4-2-13(3-5-14)20(21,22)23)17(11-16)19-10-15-12-30-9-8-27(15)26-19/h2-7,10-11,24-25H,8-9,12H2,1H3. The minimum Gasteiger partial charge on any atom is -0.373 e. The van der Waals surface area contributed by atoms with Crippen molar-refractivity contribution in [3.8, 4) is 11.3 Å². The minimum atomic E-state index is -4.43. The molecule has 11 heteroatoms. The molecule has 0 bridgehead atoms. The number of hydrogen-bond acceptors (Lipinski definition) is 5. The van der Waals surface area contributed by atoms with Crippen molar-refractivity contribution in [3.63, 3.8) is 0 Å². The molecule has 4 rings (SSSR count). The van der Waals surface area contributed by atoms with Crippen LogP contribution in [0, 0.1) is 0 Å². The van der Waals surface area contributed by atoms with Gasteiger partial charge in [-0.1, -0.05) is 0 Å². The summed E-state index contributed by atoms with van der Waals surface area (Å²) in [6, 6.07) is 10.9. The molecule has 164 valence electrons. The number of benzene rings is 2. The van der Waals surface area contributed by atoms with E-state index in [4.69, 9.17) is 4.74 Å². The molecule has 2 heterocycles. The molecule has 0 amide bonds. The highest BCUT2D eigenvalue weighted by atomic mass is 32.2. The Bertz CT molecular complexity index is 1180. The molecule has 1 aliphatic heterocycles. The van der Waals surface area contributed by atoms with Crippen LogP contribution in [0.3, 0.4) is 0 Å². The molecule has 2 N–H and O–H groups in total. The van der Waals surface area contributed by atoms with E-state index in [1.807, 2.05) is 6.07 Å². The zero-order valence-electron chi connectivity index (χ0n) is 16.4. The number of nitrogens with one attached hydrogen (secondary N) is 2. The van der Waals surface area contributed by atoms with Gasteiger partial charge in [0.2, 0.25) is 10.0 Å². The van der Waals surface area contributed by atoms with E-state index in [-0.39, 0.29) is 4.90 Å². The van der Waals surface area contributed by atoms with Crippen molar-refractivity contribution >= 4 is 21.4 Å². The summed E-state index contributed by atoms with van der Waals surface area (Å²) in [7, 11) is -2.39. The van der Waals surface area contributed by atoms with E-state index in [2.05, 4.69) is 15.1 Å². The van der Waals surface area contributed by atoms with Gasteiger partial charge in [0.15, 0.2) is 0 Å². The van der Waals surface area contributed by atoms with Crippen LogP contribution in [-0.4, -0.2) is 31.9 Å². The fourth-order valence-electron chi connectivity index (χ4n) is 3.25. The molecule has 1 aromatic heterocycles. The van der Waals surface area contributed by atoms with Crippen LogP contribution in [0.25, 0.3) is 11.3 Å². The van der Waals surface area contributed by atoms with Crippen molar-refractivity contribution in [1.82, 2.24) is 14.5 Å². The van der Waals surface area contributed by atoms with E-state index in [0.29, 0.717) is 42.4 Å². The van der Waals surface area contributed by atoms with Crippen LogP contribution in [0.5, 0.6) is 0 Å². The van der Waals surface area contributed by atoms with Crippen LogP contribution in [0.1, 0.15) is 11.3 Å². The third kappa shape index (κ3) is 4.43. The van der Waals surface area contributed by atoms with Gasteiger partial charge < -0.3 is 10.1 Å². The van der Waals surface area contributed by atoms with Gasteiger partial charge in [0.1, 0.15) is 0 Å². The lowest BCUT2D eigenvalue weighted by molar-refractivity contribution is -0.137. The SMILES string of the molecule is CNS(=O)(=O)c1ccc(Nc2ccc(C(F)(F)F)cc2)c(-c2cc3n(n2)CCOC3)c1. The van der Waals surface area contributed by atoms with Gasteiger partial charge in [-0.2, -0.15) is 18.3 Å². The Labute approximate surface area is 176 Å². The van der Waals surface area contributed by atoms with Gasteiger partial charge in [0.25, 0.3) is 0 Å². The monoisotopic (exact) mass is 452 g/mol. The maximum Gasteiger partial charge on any atom is 0.416 e. The van der Waals surface area contributed by atoms with E-state index in [1.165, 1.54) is 31.3 Å². The van der Waals surface area contributed by atoms with E-state index in [0.717, 1.165) is 17.8 Å². The highest BCUT2D eigenvalue weighted by Crippen LogP contribution is 2.34. The maximum atomic E-state index is 12.8. The quantitative estimate of drug-likeness (QED) is 0.616. The molecule has 0 saturated heterocycles. The second-order valence-electron chi connectivity index (χ2n) is 6.91. The average Bonchev–Trinajstić information content (AvgIpc) is 3.18. The second-order valence-corrected chi connectivity index (χ2v) is 8.80. The van der Waals surface area contributed by atoms with Crippen molar-refractivity contribution in [1.29, 1.82) is 0 Å². The second kappa shape index (κ2) is 7.98. The summed E-state index contributed by atoms with van der Waals surface area (Å²) >= 11 is 0. The number of rotatable bonds is 5. The third-order valence-corrected chi connectivity index (χ3v) is 6.31. The summed E-state index contributed by atoms with van der Waals surface area (Å²) in [5, 5.41) is 7.62. The van der Waals surface area contributed by atoms with Crippen LogP contribution in [0.2, 0.25) is 0 Å². The summed E-state index contributed by atoms with van der Waals surface area (Å²) in [6.45, 7) is 1.49. The Morgan fingerprint density at radius 3 is 2.48 bits per heavy atom. The number of aromatic nitrogens is 2. The maximum absolute atomic E-state index is 12.8. The number of hydrogen-bond donors (Lipinski definition) is 2. The molecule has 7 nitrogen and oxygen atoms in total. The van der Waals surface area contributed by atoms with Gasteiger partial charge in [0.05, 0.1) is 41.6 Å².